The minimum Gasteiger partial charge on any atom is -0.496 e. The van der Waals surface area contributed by atoms with E-state index in [1.165, 1.54) is 0 Å². The summed E-state index contributed by atoms with van der Waals surface area (Å²) in [5, 5.41) is 8.89. The van der Waals surface area contributed by atoms with Crippen LogP contribution in [0, 0.1) is 6.92 Å². The second kappa shape index (κ2) is 4.56. The molecule has 0 spiro atoms. The van der Waals surface area contributed by atoms with Gasteiger partial charge in [-0.05, 0) is 18.6 Å². The molecule has 3 nitrogen and oxygen atoms in total. The minimum atomic E-state index is -0.798. The number of carbonyl (C=O) groups is 1. The van der Waals surface area contributed by atoms with Crippen LogP contribution in [0.15, 0.2) is 18.2 Å². The van der Waals surface area contributed by atoms with Gasteiger partial charge in [0, 0.05) is 11.0 Å². The van der Waals surface area contributed by atoms with Crippen molar-refractivity contribution in [2.45, 2.75) is 32.6 Å². The predicted molar refractivity (Wildman–Crippen MR) is 63.0 cm³/mol. The third-order valence-corrected chi connectivity index (χ3v) is 2.68. The highest BCUT2D eigenvalue weighted by Gasteiger charge is 2.27. The molecule has 0 radical (unpaired) electrons. The lowest BCUT2D eigenvalue weighted by Crippen LogP contribution is -2.22. The third-order valence-electron chi connectivity index (χ3n) is 2.68. The van der Waals surface area contributed by atoms with Crippen molar-refractivity contribution in [2.75, 3.05) is 7.11 Å². The summed E-state index contributed by atoms with van der Waals surface area (Å²) in [6.45, 7) is 5.80. The van der Waals surface area contributed by atoms with Crippen LogP contribution in [0.25, 0.3) is 0 Å². The van der Waals surface area contributed by atoms with Crippen molar-refractivity contribution < 1.29 is 14.6 Å². The first kappa shape index (κ1) is 12.6. The maximum atomic E-state index is 10.8. The number of carboxylic acids is 1. The molecule has 0 aromatic heterocycles. The fraction of sp³-hybridized carbons (Fsp3) is 0.462. The maximum Gasteiger partial charge on any atom is 0.304 e. The summed E-state index contributed by atoms with van der Waals surface area (Å²) < 4.78 is 5.30. The summed E-state index contributed by atoms with van der Waals surface area (Å²) in [6, 6.07) is 5.84. The number of rotatable bonds is 4. The molecule has 0 unspecified atom stereocenters. The highest BCUT2D eigenvalue weighted by molar-refractivity contribution is 5.69. The first-order chi connectivity index (χ1) is 7.36. The molecule has 0 saturated carbocycles. The predicted octanol–water partition coefficient (Wildman–Crippen LogP) is 2.76. The molecule has 0 amide bonds. The number of hydrogen-bond acceptors (Lipinski definition) is 2. The monoisotopic (exact) mass is 222 g/mol. The molecule has 0 fully saturated rings. The molecule has 1 rings (SSSR count). The van der Waals surface area contributed by atoms with E-state index in [1.54, 1.807) is 7.11 Å². The van der Waals surface area contributed by atoms with Gasteiger partial charge >= 0.3 is 5.97 Å². The van der Waals surface area contributed by atoms with Crippen molar-refractivity contribution in [1.29, 1.82) is 0 Å². The molecule has 0 aliphatic carbocycles. The van der Waals surface area contributed by atoms with E-state index >= 15 is 0 Å². The summed E-state index contributed by atoms with van der Waals surface area (Å²) in [4.78, 5) is 10.8. The quantitative estimate of drug-likeness (QED) is 0.852. The maximum absolute atomic E-state index is 10.8. The molecule has 0 heterocycles. The van der Waals surface area contributed by atoms with Crippen molar-refractivity contribution in [3.8, 4) is 5.75 Å². The van der Waals surface area contributed by atoms with Crippen LogP contribution in [0.1, 0.15) is 31.4 Å². The van der Waals surface area contributed by atoms with E-state index in [1.807, 2.05) is 39.0 Å². The van der Waals surface area contributed by atoms with E-state index in [0.29, 0.717) is 0 Å². The average molecular weight is 222 g/mol. The molecular weight excluding hydrogens is 204 g/mol. The molecule has 0 bridgehead atoms. The van der Waals surface area contributed by atoms with Crippen LogP contribution in [-0.2, 0) is 10.2 Å². The molecule has 3 heteroatoms. The van der Waals surface area contributed by atoms with Gasteiger partial charge in [-0.2, -0.15) is 0 Å². The van der Waals surface area contributed by atoms with Crippen LogP contribution < -0.4 is 4.74 Å². The zero-order chi connectivity index (χ0) is 12.3. The molecule has 1 aromatic carbocycles. The zero-order valence-electron chi connectivity index (χ0n) is 10.2. The normalized spacial score (nSPS) is 11.2. The Morgan fingerprint density at radius 1 is 1.44 bits per heavy atom. The lowest BCUT2D eigenvalue weighted by atomic mass is 9.80. The summed E-state index contributed by atoms with van der Waals surface area (Å²) in [7, 11) is 1.61. The van der Waals surface area contributed by atoms with Crippen molar-refractivity contribution in [3.63, 3.8) is 0 Å². The van der Waals surface area contributed by atoms with E-state index in [-0.39, 0.29) is 6.42 Å². The first-order valence-electron chi connectivity index (χ1n) is 5.24. The van der Waals surface area contributed by atoms with Crippen LogP contribution in [0.2, 0.25) is 0 Å². The van der Waals surface area contributed by atoms with Gasteiger partial charge < -0.3 is 9.84 Å². The van der Waals surface area contributed by atoms with Crippen molar-refractivity contribution >= 4 is 5.97 Å². The van der Waals surface area contributed by atoms with Gasteiger partial charge in [0.1, 0.15) is 5.75 Å². The Kier molecular flexibility index (Phi) is 3.58. The van der Waals surface area contributed by atoms with Gasteiger partial charge in [-0.15, -0.1) is 0 Å². The fourth-order valence-electron chi connectivity index (χ4n) is 1.83. The van der Waals surface area contributed by atoms with Gasteiger partial charge in [0.2, 0.25) is 0 Å². The van der Waals surface area contributed by atoms with E-state index in [9.17, 15) is 4.79 Å². The van der Waals surface area contributed by atoms with Crippen molar-refractivity contribution in [2.24, 2.45) is 0 Å². The van der Waals surface area contributed by atoms with E-state index < -0.39 is 11.4 Å². The largest absolute Gasteiger partial charge is 0.496 e. The Hall–Kier alpha value is -1.51. The summed E-state index contributed by atoms with van der Waals surface area (Å²) in [5.41, 5.74) is 1.61. The Labute approximate surface area is 96.1 Å². The number of benzene rings is 1. The summed E-state index contributed by atoms with van der Waals surface area (Å²) >= 11 is 0. The second-order valence-electron chi connectivity index (χ2n) is 4.66. The highest BCUT2D eigenvalue weighted by Crippen LogP contribution is 2.34. The Balaban J connectivity index is 3.15. The molecule has 88 valence electrons. The van der Waals surface area contributed by atoms with Gasteiger partial charge in [-0.1, -0.05) is 26.0 Å². The SMILES string of the molecule is COc1cc(C)ccc1C(C)(C)CC(=O)O. The number of carboxylic acid groups (broad SMARTS) is 1. The van der Waals surface area contributed by atoms with Crippen LogP contribution in [0.4, 0.5) is 0 Å². The van der Waals surface area contributed by atoms with Crippen LogP contribution in [-0.4, -0.2) is 18.2 Å². The van der Waals surface area contributed by atoms with Gasteiger partial charge in [-0.3, -0.25) is 4.79 Å². The van der Waals surface area contributed by atoms with E-state index in [0.717, 1.165) is 16.9 Å². The standard InChI is InChI=1S/C13H18O3/c1-9-5-6-10(11(7-9)16-4)13(2,3)8-12(14)15/h5-7H,8H2,1-4H3,(H,14,15). The smallest absolute Gasteiger partial charge is 0.304 e. The summed E-state index contributed by atoms with van der Waals surface area (Å²) in [6.07, 6.45) is 0.0897. The minimum absolute atomic E-state index is 0.0897. The van der Waals surface area contributed by atoms with Crippen molar-refractivity contribution in [3.05, 3.63) is 29.3 Å². The zero-order valence-corrected chi connectivity index (χ0v) is 10.2. The molecule has 0 aliphatic rings. The molecule has 0 saturated heterocycles. The van der Waals surface area contributed by atoms with Crippen LogP contribution in [0.5, 0.6) is 5.75 Å². The number of methoxy groups -OCH3 is 1. The topological polar surface area (TPSA) is 46.5 Å². The highest BCUT2D eigenvalue weighted by atomic mass is 16.5. The van der Waals surface area contributed by atoms with E-state index in [4.69, 9.17) is 9.84 Å². The average Bonchev–Trinajstić information content (AvgIpc) is 2.15. The number of hydrogen-bond donors (Lipinski definition) is 1. The van der Waals surface area contributed by atoms with Crippen LogP contribution >= 0.6 is 0 Å². The third kappa shape index (κ3) is 2.75. The lowest BCUT2D eigenvalue weighted by molar-refractivity contribution is -0.138. The molecule has 1 N–H and O–H groups in total. The Morgan fingerprint density at radius 2 is 2.06 bits per heavy atom. The lowest BCUT2D eigenvalue weighted by Gasteiger charge is -2.25. The molecular formula is C13H18O3. The molecule has 1 aromatic rings. The number of aryl methyl sites for hydroxylation is 1. The first-order valence-corrected chi connectivity index (χ1v) is 5.24. The van der Waals surface area contributed by atoms with E-state index in [2.05, 4.69) is 0 Å². The molecule has 0 aliphatic heterocycles. The van der Waals surface area contributed by atoms with Gasteiger partial charge in [0.05, 0.1) is 13.5 Å². The van der Waals surface area contributed by atoms with Crippen molar-refractivity contribution in [1.82, 2.24) is 0 Å². The second-order valence-corrected chi connectivity index (χ2v) is 4.66. The molecule has 16 heavy (non-hydrogen) atoms. The number of ether oxygens (including phenoxy) is 1. The Morgan fingerprint density at radius 3 is 2.56 bits per heavy atom. The summed E-state index contributed by atoms with van der Waals surface area (Å²) in [5.74, 6) is -0.0427. The number of aliphatic carboxylic acids is 1. The Bertz CT molecular complexity index is 394. The van der Waals surface area contributed by atoms with Gasteiger partial charge in [0.15, 0.2) is 0 Å². The fourth-order valence-corrected chi connectivity index (χ4v) is 1.83. The van der Waals surface area contributed by atoms with Gasteiger partial charge in [-0.25, -0.2) is 0 Å². The molecule has 0 atom stereocenters. The van der Waals surface area contributed by atoms with Gasteiger partial charge in [0.25, 0.3) is 0 Å². The van der Waals surface area contributed by atoms with Crippen LogP contribution in [0.3, 0.4) is 0 Å².